The van der Waals surface area contributed by atoms with E-state index in [1.165, 1.54) is 21.3 Å². The number of carbonyl (C=O) groups excluding carboxylic acids is 1. The molecule has 0 unspecified atom stereocenters. The van der Waals surface area contributed by atoms with Gasteiger partial charge >= 0.3 is 0 Å². The zero-order chi connectivity index (χ0) is 25.1. The number of benzene rings is 3. The number of carbonyl (C=O) groups is 1. The van der Waals surface area contributed by atoms with E-state index in [1.807, 2.05) is 41.3 Å². The average molecular weight is 498 g/mol. The summed E-state index contributed by atoms with van der Waals surface area (Å²) in [5.74, 6) is 2.34. The van der Waals surface area contributed by atoms with Crippen LogP contribution in [0.25, 0.3) is 0 Å². The van der Waals surface area contributed by atoms with Crippen molar-refractivity contribution in [1.29, 1.82) is 0 Å². The fourth-order valence-corrected chi connectivity index (χ4v) is 4.77. The molecule has 0 aliphatic carbocycles. The molecule has 1 heterocycles. The lowest BCUT2D eigenvalue weighted by atomic mass is 9.87. The maximum Gasteiger partial charge on any atom is 0.254 e. The molecular weight excluding hydrogens is 470 g/mol. The first-order valence-corrected chi connectivity index (χ1v) is 11.4. The average Bonchev–Trinajstić information content (AvgIpc) is 2.90. The minimum atomic E-state index is -0.385. The molecule has 0 saturated heterocycles. The summed E-state index contributed by atoms with van der Waals surface area (Å²) in [7, 11) is 7.79. The summed E-state index contributed by atoms with van der Waals surface area (Å²) < 4.78 is 27.5. The molecule has 3 aromatic carbocycles. The molecule has 184 valence electrons. The van der Waals surface area contributed by atoms with Gasteiger partial charge in [0.2, 0.25) is 5.75 Å². The van der Waals surface area contributed by atoms with Crippen molar-refractivity contribution in [3.63, 3.8) is 0 Å². The molecule has 0 aromatic heterocycles. The van der Waals surface area contributed by atoms with E-state index in [4.69, 9.17) is 35.3 Å². The van der Waals surface area contributed by atoms with Gasteiger partial charge in [0.1, 0.15) is 0 Å². The van der Waals surface area contributed by atoms with E-state index in [2.05, 4.69) is 0 Å². The van der Waals surface area contributed by atoms with E-state index >= 15 is 0 Å². The van der Waals surface area contributed by atoms with Crippen LogP contribution in [0.1, 0.15) is 33.1 Å². The largest absolute Gasteiger partial charge is 0.493 e. The van der Waals surface area contributed by atoms with Gasteiger partial charge in [-0.05, 0) is 59.5 Å². The van der Waals surface area contributed by atoms with Crippen LogP contribution in [0.3, 0.4) is 0 Å². The van der Waals surface area contributed by atoms with Crippen LogP contribution in [-0.4, -0.2) is 52.9 Å². The summed E-state index contributed by atoms with van der Waals surface area (Å²) in [6.45, 7) is 0.495. The Bertz CT molecular complexity index is 1220. The number of amides is 1. The van der Waals surface area contributed by atoms with Gasteiger partial charge < -0.3 is 28.6 Å². The fraction of sp³-hybridized carbons (Fsp3) is 0.296. The highest BCUT2D eigenvalue weighted by Gasteiger charge is 2.34. The third-order valence-corrected chi connectivity index (χ3v) is 6.45. The van der Waals surface area contributed by atoms with Crippen molar-refractivity contribution >= 4 is 17.5 Å². The molecular formula is C27H28ClNO6. The zero-order valence-electron chi connectivity index (χ0n) is 20.4. The van der Waals surface area contributed by atoms with E-state index in [0.717, 1.165) is 16.7 Å². The van der Waals surface area contributed by atoms with E-state index in [-0.39, 0.29) is 11.9 Å². The standard InChI is InChI=1S/C27H28ClNO6/c1-31-21-12-16-9-10-29(27(30)18-13-23(33-3)26(35-5)24(14-18)34-4)25(20(16)15-22(21)32-2)17-7-6-8-19(28)11-17/h6-8,11-15,25H,9-10H2,1-5H3/t25-/m1/s1. The molecule has 1 aliphatic heterocycles. The van der Waals surface area contributed by atoms with Gasteiger partial charge in [0, 0.05) is 17.1 Å². The Kier molecular flexibility index (Phi) is 7.26. The number of rotatable bonds is 7. The third kappa shape index (κ3) is 4.56. The van der Waals surface area contributed by atoms with Crippen molar-refractivity contribution in [3.05, 3.63) is 75.8 Å². The topological polar surface area (TPSA) is 66.5 Å². The van der Waals surface area contributed by atoms with Crippen LogP contribution in [-0.2, 0) is 6.42 Å². The summed E-state index contributed by atoms with van der Waals surface area (Å²) in [6.07, 6.45) is 0.656. The summed E-state index contributed by atoms with van der Waals surface area (Å²) in [4.78, 5) is 15.8. The number of methoxy groups -OCH3 is 5. The van der Waals surface area contributed by atoms with Crippen molar-refractivity contribution in [1.82, 2.24) is 4.90 Å². The Hall–Kier alpha value is -3.58. The first kappa shape index (κ1) is 24.5. The molecule has 0 bridgehead atoms. The van der Waals surface area contributed by atoms with E-state index in [1.54, 1.807) is 26.4 Å². The lowest BCUT2D eigenvalue weighted by molar-refractivity contribution is 0.0693. The predicted octanol–water partition coefficient (Wildman–Crippen LogP) is 5.17. The van der Waals surface area contributed by atoms with Crippen molar-refractivity contribution in [2.45, 2.75) is 12.5 Å². The van der Waals surface area contributed by atoms with Crippen LogP contribution in [0.4, 0.5) is 0 Å². The predicted molar refractivity (Wildman–Crippen MR) is 134 cm³/mol. The number of nitrogens with zero attached hydrogens (tertiary/aromatic N) is 1. The van der Waals surface area contributed by atoms with Crippen LogP contribution < -0.4 is 23.7 Å². The van der Waals surface area contributed by atoms with Gasteiger partial charge in [-0.3, -0.25) is 4.79 Å². The number of hydrogen-bond acceptors (Lipinski definition) is 6. The summed E-state index contributed by atoms with van der Waals surface area (Å²) in [6, 6.07) is 14.4. The molecule has 7 nitrogen and oxygen atoms in total. The molecule has 35 heavy (non-hydrogen) atoms. The molecule has 1 amide bonds. The number of fused-ring (bicyclic) bond motifs is 1. The van der Waals surface area contributed by atoms with Crippen LogP contribution >= 0.6 is 11.6 Å². The lowest BCUT2D eigenvalue weighted by Gasteiger charge is -2.38. The zero-order valence-corrected chi connectivity index (χ0v) is 21.1. The van der Waals surface area contributed by atoms with Crippen molar-refractivity contribution in [2.24, 2.45) is 0 Å². The molecule has 0 radical (unpaired) electrons. The number of hydrogen-bond donors (Lipinski definition) is 0. The highest BCUT2D eigenvalue weighted by atomic mass is 35.5. The fourth-order valence-electron chi connectivity index (χ4n) is 4.57. The lowest BCUT2D eigenvalue weighted by Crippen LogP contribution is -2.40. The first-order chi connectivity index (χ1) is 16.9. The molecule has 3 aromatic rings. The van der Waals surface area contributed by atoms with Gasteiger partial charge in [-0.15, -0.1) is 0 Å². The second-order valence-electron chi connectivity index (χ2n) is 8.03. The van der Waals surface area contributed by atoms with Crippen LogP contribution in [0.2, 0.25) is 5.02 Å². The van der Waals surface area contributed by atoms with E-state index in [9.17, 15) is 4.79 Å². The molecule has 0 spiro atoms. The van der Waals surface area contributed by atoms with Crippen molar-refractivity contribution < 1.29 is 28.5 Å². The normalized spacial score (nSPS) is 14.7. The molecule has 4 rings (SSSR count). The minimum absolute atomic E-state index is 0.172. The van der Waals surface area contributed by atoms with Crippen molar-refractivity contribution in [3.8, 4) is 28.7 Å². The summed E-state index contributed by atoms with van der Waals surface area (Å²) in [5, 5.41) is 0.593. The Balaban J connectivity index is 1.86. The third-order valence-electron chi connectivity index (χ3n) is 6.21. The second-order valence-corrected chi connectivity index (χ2v) is 8.46. The highest BCUT2D eigenvalue weighted by Crippen LogP contribution is 2.43. The number of ether oxygens (including phenoxy) is 5. The molecule has 1 aliphatic rings. The van der Waals surface area contributed by atoms with Crippen molar-refractivity contribution in [2.75, 3.05) is 42.1 Å². The van der Waals surface area contributed by atoms with Gasteiger partial charge in [-0.1, -0.05) is 23.7 Å². The van der Waals surface area contributed by atoms with Gasteiger partial charge in [-0.25, -0.2) is 0 Å². The molecule has 1 atom stereocenters. The summed E-state index contributed by atoms with van der Waals surface area (Å²) >= 11 is 6.36. The van der Waals surface area contributed by atoms with E-state index in [0.29, 0.717) is 52.3 Å². The van der Waals surface area contributed by atoms with Crippen LogP contribution in [0.5, 0.6) is 28.7 Å². The molecule has 8 heteroatoms. The Morgan fingerprint density at radius 1 is 0.829 bits per heavy atom. The Morgan fingerprint density at radius 3 is 2.03 bits per heavy atom. The minimum Gasteiger partial charge on any atom is -0.493 e. The van der Waals surface area contributed by atoms with Gasteiger partial charge in [0.25, 0.3) is 5.91 Å². The first-order valence-electron chi connectivity index (χ1n) is 11.1. The van der Waals surface area contributed by atoms with Gasteiger partial charge in [-0.2, -0.15) is 0 Å². The SMILES string of the molecule is COc1cc2c(cc1OC)[C@@H](c1cccc(Cl)c1)N(C(=O)c1cc(OC)c(OC)c(OC)c1)CC2. The maximum atomic E-state index is 14.0. The Labute approximate surface area is 210 Å². The summed E-state index contributed by atoms with van der Waals surface area (Å²) in [5.41, 5.74) is 3.36. The smallest absolute Gasteiger partial charge is 0.254 e. The molecule has 0 saturated carbocycles. The highest BCUT2D eigenvalue weighted by molar-refractivity contribution is 6.30. The van der Waals surface area contributed by atoms with Gasteiger partial charge in [0.15, 0.2) is 23.0 Å². The molecule has 0 N–H and O–H groups in total. The van der Waals surface area contributed by atoms with Crippen LogP contribution in [0, 0.1) is 0 Å². The maximum absolute atomic E-state index is 14.0. The van der Waals surface area contributed by atoms with Gasteiger partial charge in [0.05, 0.1) is 41.6 Å². The second kappa shape index (κ2) is 10.4. The van der Waals surface area contributed by atoms with E-state index < -0.39 is 0 Å². The quantitative estimate of drug-likeness (QED) is 0.448. The monoisotopic (exact) mass is 497 g/mol. The number of halogens is 1. The van der Waals surface area contributed by atoms with Crippen LogP contribution in [0.15, 0.2) is 48.5 Å². The molecule has 0 fully saturated rings. The Morgan fingerprint density at radius 2 is 1.46 bits per heavy atom.